The Hall–Kier alpha value is -1.96. The molecule has 0 bridgehead atoms. The highest BCUT2D eigenvalue weighted by Gasteiger charge is 2.19. The number of pyridine rings is 1. The zero-order chi connectivity index (χ0) is 18.8. The van der Waals surface area contributed by atoms with E-state index in [4.69, 9.17) is 27.9 Å². The molecule has 0 saturated carbocycles. The van der Waals surface area contributed by atoms with Crippen LogP contribution < -0.4 is 10.1 Å². The SMILES string of the molecule is COc1cc(Cl)c(C)cc1NC(=O)[C@H](C)Sc1nc2ncc(Cl)cc2[nH]1. The average molecular weight is 411 g/mol. The Labute approximate surface area is 164 Å². The third-order valence-corrected chi connectivity index (χ3v) is 5.28. The van der Waals surface area contributed by atoms with Crippen LogP contribution in [0, 0.1) is 6.92 Å². The van der Waals surface area contributed by atoms with Crippen molar-refractivity contribution in [3.8, 4) is 5.75 Å². The summed E-state index contributed by atoms with van der Waals surface area (Å²) in [7, 11) is 1.53. The van der Waals surface area contributed by atoms with E-state index in [0.717, 1.165) is 11.1 Å². The Morgan fingerprint density at radius 1 is 1.35 bits per heavy atom. The number of methoxy groups -OCH3 is 1. The molecular formula is C17H16Cl2N4O2S. The number of nitrogens with zero attached hydrogens (tertiary/aromatic N) is 2. The number of aromatic nitrogens is 3. The van der Waals surface area contributed by atoms with Crippen LogP contribution in [0.2, 0.25) is 10.0 Å². The van der Waals surface area contributed by atoms with Crippen molar-refractivity contribution in [1.29, 1.82) is 0 Å². The monoisotopic (exact) mass is 410 g/mol. The van der Waals surface area contributed by atoms with Gasteiger partial charge in [-0.25, -0.2) is 9.97 Å². The van der Waals surface area contributed by atoms with Gasteiger partial charge in [0, 0.05) is 17.3 Å². The van der Waals surface area contributed by atoms with E-state index >= 15 is 0 Å². The normalized spacial score (nSPS) is 12.2. The number of anilines is 1. The number of halogens is 2. The largest absolute Gasteiger partial charge is 0.495 e. The molecule has 0 aliphatic rings. The van der Waals surface area contributed by atoms with Crippen molar-refractivity contribution in [3.63, 3.8) is 0 Å². The summed E-state index contributed by atoms with van der Waals surface area (Å²) < 4.78 is 5.29. The predicted octanol–water partition coefficient (Wildman–Crippen LogP) is 4.70. The molecule has 2 N–H and O–H groups in total. The highest BCUT2D eigenvalue weighted by molar-refractivity contribution is 8.00. The van der Waals surface area contributed by atoms with Gasteiger partial charge in [0.1, 0.15) is 5.75 Å². The summed E-state index contributed by atoms with van der Waals surface area (Å²) in [6.07, 6.45) is 1.53. The Morgan fingerprint density at radius 3 is 2.85 bits per heavy atom. The lowest BCUT2D eigenvalue weighted by atomic mass is 10.2. The van der Waals surface area contributed by atoms with Crippen molar-refractivity contribution in [2.45, 2.75) is 24.3 Å². The molecule has 0 spiro atoms. The molecule has 0 fully saturated rings. The first-order chi connectivity index (χ1) is 12.4. The second kappa shape index (κ2) is 7.73. The van der Waals surface area contributed by atoms with Gasteiger partial charge in [0.25, 0.3) is 0 Å². The number of ether oxygens (including phenoxy) is 1. The molecule has 1 aromatic carbocycles. The van der Waals surface area contributed by atoms with Crippen molar-refractivity contribution in [3.05, 3.63) is 40.0 Å². The Balaban J connectivity index is 1.74. The summed E-state index contributed by atoms with van der Waals surface area (Å²) in [5, 5.41) is 4.17. The lowest BCUT2D eigenvalue weighted by Crippen LogP contribution is -2.23. The topological polar surface area (TPSA) is 79.9 Å². The van der Waals surface area contributed by atoms with Crippen LogP contribution in [0.1, 0.15) is 12.5 Å². The minimum absolute atomic E-state index is 0.179. The van der Waals surface area contributed by atoms with Gasteiger partial charge < -0.3 is 15.0 Å². The van der Waals surface area contributed by atoms with Gasteiger partial charge in [-0.3, -0.25) is 4.79 Å². The van der Waals surface area contributed by atoms with Crippen molar-refractivity contribution in [2.75, 3.05) is 12.4 Å². The lowest BCUT2D eigenvalue weighted by molar-refractivity contribution is -0.115. The number of amides is 1. The molecule has 26 heavy (non-hydrogen) atoms. The first-order valence-electron chi connectivity index (χ1n) is 7.70. The number of H-pyrrole nitrogens is 1. The van der Waals surface area contributed by atoms with Gasteiger partial charge in [-0.15, -0.1) is 0 Å². The third-order valence-electron chi connectivity index (χ3n) is 3.68. The molecule has 0 unspecified atom stereocenters. The Kier molecular flexibility index (Phi) is 5.60. The second-order valence-corrected chi connectivity index (χ2v) is 7.79. The maximum Gasteiger partial charge on any atom is 0.237 e. The van der Waals surface area contributed by atoms with E-state index in [-0.39, 0.29) is 5.91 Å². The number of carbonyl (C=O) groups is 1. The van der Waals surface area contributed by atoms with E-state index in [1.165, 1.54) is 25.1 Å². The lowest BCUT2D eigenvalue weighted by Gasteiger charge is -2.14. The van der Waals surface area contributed by atoms with Gasteiger partial charge in [-0.05, 0) is 31.5 Å². The van der Waals surface area contributed by atoms with Crippen molar-refractivity contribution in [1.82, 2.24) is 15.0 Å². The molecule has 0 aliphatic carbocycles. The fourth-order valence-corrected chi connectivity index (χ4v) is 3.41. The molecule has 6 nitrogen and oxygen atoms in total. The number of fused-ring (bicyclic) bond motifs is 1. The number of benzene rings is 1. The van der Waals surface area contributed by atoms with Gasteiger partial charge in [0.15, 0.2) is 10.8 Å². The van der Waals surface area contributed by atoms with E-state index in [9.17, 15) is 4.79 Å². The first-order valence-corrected chi connectivity index (χ1v) is 9.34. The molecule has 2 aromatic heterocycles. The highest BCUT2D eigenvalue weighted by Crippen LogP contribution is 2.32. The van der Waals surface area contributed by atoms with Gasteiger partial charge in [0.2, 0.25) is 5.91 Å². The van der Waals surface area contributed by atoms with Gasteiger partial charge in [0.05, 0.1) is 28.6 Å². The smallest absolute Gasteiger partial charge is 0.237 e. The Bertz CT molecular complexity index is 977. The molecule has 1 atom stereocenters. The number of carbonyl (C=O) groups excluding carboxylic acids is 1. The van der Waals surface area contributed by atoms with Gasteiger partial charge >= 0.3 is 0 Å². The molecule has 0 saturated heterocycles. The molecule has 2 heterocycles. The summed E-state index contributed by atoms with van der Waals surface area (Å²) in [6, 6.07) is 5.20. The molecule has 0 radical (unpaired) electrons. The number of imidazole rings is 1. The maximum absolute atomic E-state index is 12.6. The van der Waals surface area contributed by atoms with Crippen LogP contribution in [0.25, 0.3) is 11.2 Å². The number of thioether (sulfide) groups is 1. The number of rotatable bonds is 5. The number of hydrogen-bond acceptors (Lipinski definition) is 5. The van der Waals surface area contributed by atoms with Crippen LogP contribution >= 0.6 is 35.0 Å². The van der Waals surface area contributed by atoms with Crippen LogP contribution in [0.3, 0.4) is 0 Å². The van der Waals surface area contributed by atoms with E-state index in [1.54, 1.807) is 25.1 Å². The van der Waals surface area contributed by atoms with E-state index < -0.39 is 5.25 Å². The summed E-state index contributed by atoms with van der Waals surface area (Å²) in [6.45, 7) is 3.66. The van der Waals surface area contributed by atoms with E-state index in [1.807, 2.05) is 6.92 Å². The van der Waals surface area contributed by atoms with E-state index in [2.05, 4.69) is 20.3 Å². The molecule has 136 valence electrons. The molecule has 3 aromatic rings. The fourth-order valence-electron chi connectivity index (χ4n) is 2.29. The minimum Gasteiger partial charge on any atom is -0.495 e. The van der Waals surface area contributed by atoms with Gasteiger partial charge in [-0.2, -0.15) is 0 Å². The van der Waals surface area contributed by atoms with Crippen molar-refractivity contribution in [2.24, 2.45) is 0 Å². The van der Waals surface area contributed by atoms with Crippen molar-refractivity contribution >= 4 is 57.7 Å². The standard InChI is InChI=1S/C17H16Cl2N4O2S/c1-8-4-12(14(25-3)6-11(8)19)21-16(24)9(2)26-17-22-13-5-10(18)7-20-15(13)23-17/h4-7,9H,1-3H3,(H,21,24)(H,20,22,23)/t9-/m0/s1. The number of nitrogens with one attached hydrogen (secondary N) is 2. The van der Waals surface area contributed by atoms with Crippen LogP contribution in [-0.4, -0.2) is 33.2 Å². The third kappa shape index (κ3) is 4.06. The van der Waals surface area contributed by atoms with Gasteiger partial charge in [-0.1, -0.05) is 35.0 Å². The average Bonchev–Trinajstić information content (AvgIpc) is 2.99. The zero-order valence-electron chi connectivity index (χ0n) is 14.3. The summed E-state index contributed by atoms with van der Waals surface area (Å²) >= 11 is 13.3. The number of hydrogen-bond donors (Lipinski definition) is 2. The number of aryl methyl sites for hydroxylation is 1. The van der Waals surface area contributed by atoms with Crippen LogP contribution in [0.15, 0.2) is 29.6 Å². The van der Waals surface area contributed by atoms with Crippen molar-refractivity contribution < 1.29 is 9.53 Å². The van der Waals surface area contributed by atoms with Crippen LogP contribution in [-0.2, 0) is 4.79 Å². The zero-order valence-corrected chi connectivity index (χ0v) is 16.6. The molecule has 1 amide bonds. The summed E-state index contributed by atoms with van der Waals surface area (Å²) in [5.74, 6) is 0.329. The van der Waals surface area contributed by atoms with E-state index in [0.29, 0.717) is 32.3 Å². The highest BCUT2D eigenvalue weighted by atomic mass is 35.5. The summed E-state index contributed by atoms with van der Waals surface area (Å²) in [4.78, 5) is 24.2. The van der Waals surface area contributed by atoms with Crippen LogP contribution in [0.4, 0.5) is 5.69 Å². The van der Waals surface area contributed by atoms with Crippen LogP contribution in [0.5, 0.6) is 5.75 Å². The Morgan fingerprint density at radius 2 is 2.12 bits per heavy atom. The minimum atomic E-state index is -0.397. The summed E-state index contributed by atoms with van der Waals surface area (Å²) in [5.41, 5.74) is 2.70. The molecule has 9 heteroatoms. The second-order valence-electron chi connectivity index (χ2n) is 5.62. The first kappa shape index (κ1) is 18.8. The molecule has 3 rings (SSSR count). The maximum atomic E-state index is 12.6. The quantitative estimate of drug-likeness (QED) is 0.595. The molecule has 0 aliphatic heterocycles. The number of aromatic amines is 1. The predicted molar refractivity (Wildman–Crippen MR) is 106 cm³/mol. The fraction of sp³-hybridized carbons (Fsp3) is 0.235. The molecular weight excluding hydrogens is 395 g/mol.